The first-order valence-corrected chi connectivity index (χ1v) is 8.19. The van der Waals surface area contributed by atoms with E-state index in [1.54, 1.807) is 4.90 Å². The van der Waals surface area contributed by atoms with E-state index < -0.39 is 6.04 Å². The average Bonchev–Trinajstić information content (AvgIpc) is 3.07. The van der Waals surface area contributed by atoms with Gasteiger partial charge in [0.15, 0.2) is 11.5 Å². The van der Waals surface area contributed by atoms with Crippen LogP contribution in [0.4, 0.5) is 0 Å². The summed E-state index contributed by atoms with van der Waals surface area (Å²) in [6.07, 6.45) is 1.71. The van der Waals surface area contributed by atoms with Crippen LogP contribution in [-0.2, 0) is 16.1 Å². The van der Waals surface area contributed by atoms with Crippen LogP contribution in [0.1, 0.15) is 25.3 Å². The third-order valence-electron chi connectivity index (χ3n) is 4.56. The minimum Gasteiger partial charge on any atom is -0.454 e. The number of fused-ring (bicyclic) bond motifs is 1. The van der Waals surface area contributed by atoms with Gasteiger partial charge in [-0.05, 0) is 43.4 Å². The molecule has 0 radical (unpaired) electrons. The number of nitrogens with two attached hydrogens (primary N) is 1. The Morgan fingerprint density at radius 2 is 2.00 bits per heavy atom. The monoisotopic (exact) mass is 356 g/mol. The molecule has 0 saturated carbocycles. The van der Waals surface area contributed by atoms with E-state index in [0.717, 1.165) is 29.9 Å². The van der Waals surface area contributed by atoms with Gasteiger partial charge in [0.25, 0.3) is 0 Å². The third kappa shape index (κ3) is 4.12. The van der Waals surface area contributed by atoms with Crippen molar-refractivity contribution in [2.45, 2.75) is 32.4 Å². The summed E-state index contributed by atoms with van der Waals surface area (Å²) in [5, 5.41) is 0. The molecule has 1 amide bonds. The lowest BCUT2D eigenvalue weighted by Gasteiger charge is -2.31. The molecule has 1 aromatic carbocycles. The number of likely N-dealkylation sites (N-methyl/N-ethyl adjacent to an activating group) is 1. The van der Waals surface area contributed by atoms with Crippen molar-refractivity contribution in [3.8, 4) is 11.5 Å². The van der Waals surface area contributed by atoms with Crippen LogP contribution in [-0.4, -0.2) is 43.4 Å². The van der Waals surface area contributed by atoms with Crippen molar-refractivity contribution in [3.05, 3.63) is 23.8 Å². The van der Waals surface area contributed by atoms with Crippen LogP contribution in [0.5, 0.6) is 11.5 Å². The maximum Gasteiger partial charge on any atom is 0.240 e. The second-order valence-electron chi connectivity index (χ2n) is 6.02. The van der Waals surface area contributed by atoms with Crippen LogP contribution in [0.2, 0.25) is 0 Å². The Labute approximate surface area is 148 Å². The summed E-state index contributed by atoms with van der Waals surface area (Å²) in [4.78, 5) is 14.5. The number of amides is 1. The van der Waals surface area contributed by atoms with Gasteiger partial charge in [-0.3, -0.25) is 4.79 Å². The molecule has 1 aromatic rings. The molecule has 2 aliphatic heterocycles. The molecule has 1 fully saturated rings. The highest BCUT2D eigenvalue weighted by Crippen LogP contribution is 2.33. The Kier molecular flexibility index (Phi) is 6.71. The van der Waals surface area contributed by atoms with Gasteiger partial charge < -0.3 is 24.8 Å². The summed E-state index contributed by atoms with van der Waals surface area (Å²) >= 11 is 0. The molecule has 2 heterocycles. The maximum absolute atomic E-state index is 12.7. The van der Waals surface area contributed by atoms with Gasteiger partial charge in [0.1, 0.15) is 0 Å². The van der Waals surface area contributed by atoms with Crippen molar-refractivity contribution >= 4 is 18.3 Å². The SMILES string of the molecule is CCN(Cc1ccc2c(c1)OCO2)C(=O)C(N)C1CCOCC1.Cl. The normalized spacial score (nSPS) is 17.9. The molecule has 0 bridgehead atoms. The highest BCUT2D eigenvalue weighted by molar-refractivity contribution is 5.85. The molecular weight excluding hydrogens is 332 g/mol. The van der Waals surface area contributed by atoms with Crippen molar-refractivity contribution in [1.82, 2.24) is 4.90 Å². The molecule has 1 atom stereocenters. The third-order valence-corrected chi connectivity index (χ3v) is 4.56. The number of benzene rings is 1. The molecule has 134 valence electrons. The van der Waals surface area contributed by atoms with Crippen LogP contribution >= 0.6 is 12.4 Å². The van der Waals surface area contributed by atoms with Gasteiger partial charge in [0.05, 0.1) is 6.04 Å². The van der Waals surface area contributed by atoms with Crippen molar-refractivity contribution < 1.29 is 19.0 Å². The quantitative estimate of drug-likeness (QED) is 0.872. The number of nitrogens with zero attached hydrogens (tertiary/aromatic N) is 1. The van der Waals surface area contributed by atoms with Gasteiger partial charge in [0, 0.05) is 26.3 Å². The zero-order chi connectivity index (χ0) is 16.2. The number of halogens is 1. The topological polar surface area (TPSA) is 74.0 Å². The number of rotatable bonds is 5. The Morgan fingerprint density at radius 3 is 2.71 bits per heavy atom. The fourth-order valence-corrected chi connectivity index (χ4v) is 3.09. The van der Waals surface area contributed by atoms with E-state index in [2.05, 4.69) is 0 Å². The number of hydrogen-bond donors (Lipinski definition) is 1. The molecule has 0 aliphatic carbocycles. The van der Waals surface area contributed by atoms with E-state index in [1.165, 1.54) is 0 Å². The van der Waals surface area contributed by atoms with E-state index in [4.69, 9.17) is 19.9 Å². The molecule has 0 spiro atoms. The predicted octanol–water partition coefficient (Wildman–Crippen LogP) is 1.94. The van der Waals surface area contributed by atoms with Crippen molar-refractivity contribution in [3.63, 3.8) is 0 Å². The van der Waals surface area contributed by atoms with Gasteiger partial charge in [-0.25, -0.2) is 0 Å². The second kappa shape index (κ2) is 8.55. The highest BCUT2D eigenvalue weighted by atomic mass is 35.5. The molecular formula is C17H25ClN2O4. The molecule has 0 aromatic heterocycles. The number of hydrogen-bond acceptors (Lipinski definition) is 5. The largest absolute Gasteiger partial charge is 0.454 e. The number of ether oxygens (including phenoxy) is 3. The lowest BCUT2D eigenvalue weighted by atomic mass is 9.91. The van der Waals surface area contributed by atoms with Crippen LogP contribution in [0.15, 0.2) is 18.2 Å². The van der Waals surface area contributed by atoms with Gasteiger partial charge in [-0.15, -0.1) is 12.4 Å². The standard InChI is InChI=1S/C17H24N2O4.ClH/c1-2-19(17(20)16(18)13-5-7-21-8-6-13)10-12-3-4-14-15(9-12)23-11-22-14;/h3-4,9,13,16H,2,5-8,10-11,18H2,1H3;1H. The van der Waals surface area contributed by atoms with Gasteiger partial charge >= 0.3 is 0 Å². The summed E-state index contributed by atoms with van der Waals surface area (Å²) in [7, 11) is 0. The van der Waals surface area contributed by atoms with Crippen molar-refractivity contribution in [2.24, 2.45) is 11.7 Å². The van der Waals surface area contributed by atoms with E-state index in [-0.39, 0.29) is 31.0 Å². The summed E-state index contributed by atoms with van der Waals surface area (Å²) in [6, 6.07) is 5.32. The Morgan fingerprint density at radius 1 is 1.29 bits per heavy atom. The second-order valence-corrected chi connectivity index (χ2v) is 6.02. The molecule has 3 rings (SSSR count). The average molecular weight is 357 g/mol. The number of carbonyl (C=O) groups excluding carboxylic acids is 1. The number of carbonyl (C=O) groups is 1. The van der Waals surface area contributed by atoms with Crippen molar-refractivity contribution in [2.75, 3.05) is 26.6 Å². The minimum absolute atomic E-state index is 0. The molecule has 2 aliphatic rings. The zero-order valence-electron chi connectivity index (χ0n) is 13.9. The first-order valence-electron chi connectivity index (χ1n) is 8.19. The predicted molar refractivity (Wildman–Crippen MR) is 92.4 cm³/mol. The van der Waals surface area contributed by atoms with E-state index >= 15 is 0 Å². The van der Waals surface area contributed by atoms with E-state index in [1.807, 2.05) is 25.1 Å². The molecule has 6 nitrogen and oxygen atoms in total. The van der Waals surface area contributed by atoms with E-state index in [9.17, 15) is 4.79 Å². The first kappa shape index (κ1) is 18.8. The summed E-state index contributed by atoms with van der Waals surface area (Å²) < 4.78 is 16.1. The van der Waals surface area contributed by atoms with Crippen LogP contribution in [0.25, 0.3) is 0 Å². The summed E-state index contributed by atoms with van der Waals surface area (Å²) in [5.74, 6) is 1.71. The van der Waals surface area contributed by atoms with Crippen molar-refractivity contribution in [1.29, 1.82) is 0 Å². The van der Waals surface area contributed by atoms with Crippen LogP contribution < -0.4 is 15.2 Å². The molecule has 1 saturated heterocycles. The lowest BCUT2D eigenvalue weighted by Crippen LogP contribution is -2.48. The lowest BCUT2D eigenvalue weighted by molar-refractivity contribution is -0.135. The van der Waals surface area contributed by atoms with Crippen LogP contribution in [0, 0.1) is 5.92 Å². The van der Waals surface area contributed by atoms with Gasteiger partial charge in [0.2, 0.25) is 12.7 Å². The fraction of sp³-hybridized carbons (Fsp3) is 0.588. The maximum atomic E-state index is 12.7. The minimum atomic E-state index is -0.451. The zero-order valence-corrected chi connectivity index (χ0v) is 14.7. The smallest absolute Gasteiger partial charge is 0.240 e. The Bertz CT molecular complexity index is 564. The summed E-state index contributed by atoms with van der Waals surface area (Å²) in [6.45, 7) is 4.78. The van der Waals surface area contributed by atoms with E-state index in [0.29, 0.717) is 26.3 Å². The molecule has 1 unspecified atom stereocenters. The molecule has 2 N–H and O–H groups in total. The van der Waals surface area contributed by atoms with Crippen LogP contribution in [0.3, 0.4) is 0 Å². The molecule has 24 heavy (non-hydrogen) atoms. The molecule has 7 heteroatoms. The Hall–Kier alpha value is -1.50. The fourth-order valence-electron chi connectivity index (χ4n) is 3.09. The Balaban J connectivity index is 0.00000208. The van der Waals surface area contributed by atoms with Gasteiger partial charge in [-0.1, -0.05) is 6.07 Å². The summed E-state index contributed by atoms with van der Waals surface area (Å²) in [5.41, 5.74) is 7.24. The highest BCUT2D eigenvalue weighted by Gasteiger charge is 2.29. The van der Waals surface area contributed by atoms with Gasteiger partial charge in [-0.2, -0.15) is 0 Å². The first-order chi connectivity index (χ1) is 11.2.